The topological polar surface area (TPSA) is 90.7 Å². The Morgan fingerprint density at radius 1 is 1.20 bits per heavy atom. The molecule has 1 aromatic rings. The molecule has 3 N–H and O–H groups in total. The standard InChI is InChI=1S/C11H11F3N2O4/c12-11(13,14)6-20-10(18)16-7-1-3-8(4-2-7)19-5-9(15)17/h1-4H,5-6H2,(H2,15,17)(H,16,18). The SMILES string of the molecule is NC(=O)COc1ccc(NC(=O)OCC(F)(F)F)cc1. The third-order valence-corrected chi connectivity index (χ3v) is 1.85. The predicted octanol–water partition coefficient (Wildman–Crippen LogP) is 1.66. The molecule has 2 amide bonds. The molecule has 0 saturated carbocycles. The molecule has 1 rings (SSSR count). The fourth-order valence-corrected chi connectivity index (χ4v) is 1.09. The minimum atomic E-state index is -4.58. The van der Waals surface area contributed by atoms with Gasteiger partial charge in [0.15, 0.2) is 13.2 Å². The lowest BCUT2D eigenvalue weighted by Crippen LogP contribution is -2.23. The van der Waals surface area contributed by atoms with Crippen LogP contribution in [0.2, 0.25) is 0 Å². The minimum Gasteiger partial charge on any atom is -0.484 e. The summed E-state index contributed by atoms with van der Waals surface area (Å²) in [6, 6.07) is 5.54. The molecule has 0 atom stereocenters. The number of primary amides is 1. The molecular formula is C11H11F3N2O4. The summed E-state index contributed by atoms with van der Waals surface area (Å²) >= 11 is 0. The molecule has 0 aliphatic rings. The molecule has 110 valence electrons. The fraction of sp³-hybridized carbons (Fsp3) is 0.273. The molecule has 0 heterocycles. The number of amides is 2. The molecule has 0 bridgehead atoms. The van der Waals surface area contributed by atoms with E-state index in [9.17, 15) is 22.8 Å². The van der Waals surface area contributed by atoms with Crippen LogP contribution < -0.4 is 15.8 Å². The van der Waals surface area contributed by atoms with Crippen LogP contribution in [0, 0.1) is 0 Å². The zero-order valence-corrected chi connectivity index (χ0v) is 10.1. The van der Waals surface area contributed by atoms with Gasteiger partial charge in [0.1, 0.15) is 5.75 Å². The van der Waals surface area contributed by atoms with Gasteiger partial charge in [0.25, 0.3) is 5.91 Å². The number of alkyl halides is 3. The maximum absolute atomic E-state index is 11.8. The number of carbonyl (C=O) groups is 2. The predicted molar refractivity (Wildman–Crippen MR) is 62.2 cm³/mol. The van der Waals surface area contributed by atoms with Gasteiger partial charge in [-0.3, -0.25) is 10.1 Å². The summed E-state index contributed by atoms with van der Waals surface area (Å²) in [4.78, 5) is 21.5. The molecule has 1 aromatic carbocycles. The lowest BCUT2D eigenvalue weighted by Gasteiger charge is -2.09. The van der Waals surface area contributed by atoms with Gasteiger partial charge in [-0.05, 0) is 24.3 Å². The van der Waals surface area contributed by atoms with Crippen molar-refractivity contribution in [1.82, 2.24) is 0 Å². The number of rotatable bonds is 5. The van der Waals surface area contributed by atoms with E-state index >= 15 is 0 Å². The van der Waals surface area contributed by atoms with Gasteiger partial charge < -0.3 is 15.2 Å². The number of hydrogen-bond acceptors (Lipinski definition) is 4. The molecule has 20 heavy (non-hydrogen) atoms. The van der Waals surface area contributed by atoms with E-state index in [2.05, 4.69) is 10.1 Å². The maximum Gasteiger partial charge on any atom is 0.422 e. The van der Waals surface area contributed by atoms with Crippen molar-refractivity contribution in [3.05, 3.63) is 24.3 Å². The zero-order chi connectivity index (χ0) is 15.2. The highest BCUT2D eigenvalue weighted by Crippen LogP contribution is 2.17. The second-order valence-electron chi connectivity index (χ2n) is 3.60. The monoisotopic (exact) mass is 292 g/mol. The lowest BCUT2D eigenvalue weighted by molar-refractivity contribution is -0.159. The number of benzene rings is 1. The first-order valence-corrected chi connectivity index (χ1v) is 5.28. The third-order valence-electron chi connectivity index (χ3n) is 1.85. The van der Waals surface area contributed by atoms with Gasteiger partial charge in [0.05, 0.1) is 0 Å². The first-order valence-electron chi connectivity index (χ1n) is 5.28. The van der Waals surface area contributed by atoms with E-state index < -0.39 is 24.8 Å². The van der Waals surface area contributed by atoms with Gasteiger partial charge >= 0.3 is 12.3 Å². The van der Waals surface area contributed by atoms with Gasteiger partial charge in [-0.25, -0.2) is 4.79 Å². The highest BCUT2D eigenvalue weighted by molar-refractivity contribution is 5.84. The van der Waals surface area contributed by atoms with Crippen molar-refractivity contribution in [2.75, 3.05) is 18.5 Å². The number of ether oxygens (including phenoxy) is 2. The van der Waals surface area contributed by atoms with Gasteiger partial charge in [0, 0.05) is 5.69 Å². The van der Waals surface area contributed by atoms with E-state index in [0.29, 0.717) is 5.75 Å². The van der Waals surface area contributed by atoms with Crippen molar-refractivity contribution in [3.63, 3.8) is 0 Å². The van der Waals surface area contributed by atoms with Gasteiger partial charge in [0.2, 0.25) is 0 Å². The molecule has 9 heteroatoms. The Labute approximate surface area is 111 Å². The third kappa shape index (κ3) is 6.47. The van der Waals surface area contributed by atoms with Crippen LogP contribution in [0.25, 0.3) is 0 Å². The quantitative estimate of drug-likeness (QED) is 0.863. The van der Waals surface area contributed by atoms with Crippen molar-refractivity contribution in [1.29, 1.82) is 0 Å². The van der Waals surface area contributed by atoms with E-state index in [-0.39, 0.29) is 12.3 Å². The second kappa shape index (κ2) is 6.64. The largest absolute Gasteiger partial charge is 0.484 e. The molecule has 6 nitrogen and oxygen atoms in total. The average Bonchev–Trinajstić information content (AvgIpc) is 2.35. The molecule has 0 radical (unpaired) electrons. The Balaban J connectivity index is 2.44. The van der Waals surface area contributed by atoms with E-state index in [1.807, 2.05) is 0 Å². The summed E-state index contributed by atoms with van der Waals surface area (Å²) in [5.74, 6) is -0.332. The molecular weight excluding hydrogens is 281 g/mol. The minimum absolute atomic E-state index is 0.212. The molecule has 0 unspecified atom stereocenters. The summed E-state index contributed by atoms with van der Waals surface area (Å²) < 4.78 is 44.3. The Hall–Kier alpha value is -2.45. The highest BCUT2D eigenvalue weighted by atomic mass is 19.4. The van der Waals surface area contributed by atoms with Crippen LogP contribution in [-0.2, 0) is 9.53 Å². The molecule has 0 fully saturated rings. The van der Waals surface area contributed by atoms with Gasteiger partial charge in [-0.15, -0.1) is 0 Å². The van der Waals surface area contributed by atoms with E-state index in [1.54, 1.807) is 0 Å². The molecule has 0 saturated heterocycles. The molecule has 0 aliphatic heterocycles. The normalized spacial score (nSPS) is 10.8. The van der Waals surface area contributed by atoms with Crippen LogP contribution in [0.5, 0.6) is 5.75 Å². The van der Waals surface area contributed by atoms with Crippen molar-refractivity contribution < 1.29 is 32.2 Å². The lowest BCUT2D eigenvalue weighted by atomic mass is 10.3. The number of anilines is 1. The van der Waals surface area contributed by atoms with Gasteiger partial charge in [-0.2, -0.15) is 13.2 Å². The van der Waals surface area contributed by atoms with Crippen molar-refractivity contribution in [2.24, 2.45) is 5.73 Å². The summed E-state index contributed by atoms with van der Waals surface area (Å²) in [6.45, 7) is -1.97. The maximum atomic E-state index is 11.8. The first kappa shape index (κ1) is 15.6. The zero-order valence-electron chi connectivity index (χ0n) is 10.1. The fourth-order valence-electron chi connectivity index (χ4n) is 1.09. The summed E-state index contributed by atoms with van der Waals surface area (Å²) in [6.07, 6.45) is -5.81. The number of nitrogens with two attached hydrogens (primary N) is 1. The van der Waals surface area contributed by atoms with Crippen LogP contribution in [-0.4, -0.2) is 31.4 Å². The second-order valence-corrected chi connectivity index (χ2v) is 3.60. The summed E-state index contributed by atoms with van der Waals surface area (Å²) in [5, 5.41) is 2.10. The molecule has 0 aliphatic carbocycles. The van der Waals surface area contributed by atoms with Crippen LogP contribution in [0.1, 0.15) is 0 Å². The average molecular weight is 292 g/mol. The number of carbonyl (C=O) groups excluding carboxylic acids is 2. The Morgan fingerprint density at radius 2 is 1.80 bits per heavy atom. The Morgan fingerprint density at radius 3 is 2.30 bits per heavy atom. The van der Waals surface area contributed by atoms with Gasteiger partial charge in [-0.1, -0.05) is 0 Å². The van der Waals surface area contributed by atoms with Crippen molar-refractivity contribution >= 4 is 17.7 Å². The molecule has 0 spiro atoms. The smallest absolute Gasteiger partial charge is 0.422 e. The Bertz CT molecular complexity index is 474. The van der Waals surface area contributed by atoms with E-state index in [4.69, 9.17) is 10.5 Å². The van der Waals surface area contributed by atoms with E-state index in [1.165, 1.54) is 24.3 Å². The van der Waals surface area contributed by atoms with Crippen LogP contribution in [0.4, 0.5) is 23.7 Å². The van der Waals surface area contributed by atoms with Crippen molar-refractivity contribution in [2.45, 2.75) is 6.18 Å². The van der Waals surface area contributed by atoms with E-state index in [0.717, 1.165) is 0 Å². The Kier molecular flexibility index (Phi) is 5.18. The first-order chi connectivity index (χ1) is 9.26. The summed E-state index contributed by atoms with van der Waals surface area (Å²) in [7, 11) is 0. The number of nitrogens with one attached hydrogen (secondary N) is 1. The van der Waals surface area contributed by atoms with Crippen LogP contribution in [0.3, 0.4) is 0 Å². The molecule has 0 aromatic heterocycles. The highest BCUT2D eigenvalue weighted by Gasteiger charge is 2.29. The summed E-state index contributed by atoms with van der Waals surface area (Å²) in [5.41, 5.74) is 5.09. The van der Waals surface area contributed by atoms with Crippen LogP contribution >= 0.6 is 0 Å². The van der Waals surface area contributed by atoms with Crippen LogP contribution in [0.15, 0.2) is 24.3 Å². The van der Waals surface area contributed by atoms with Crippen molar-refractivity contribution in [3.8, 4) is 5.75 Å². The number of halogens is 3. The number of hydrogen-bond donors (Lipinski definition) is 2.